The van der Waals surface area contributed by atoms with Gasteiger partial charge in [0.25, 0.3) is 0 Å². The van der Waals surface area contributed by atoms with Crippen molar-refractivity contribution >= 4 is 22.6 Å². The standard InChI is InChI=1S/C10H12ClN3O/c1-10(2,5-15)14-4-3-7-8(11)12-6-13-9(7)14/h3-4,6,15H,5H2,1-2H3. The predicted molar refractivity (Wildman–Crippen MR) is 58.9 cm³/mol. The molecule has 0 aromatic carbocycles. The summed E-state index contributed by atoms with van der Waals surface area (Å²) in [6, 6.07) is 1.86. The van der Waals surface area contributed by atoms with E-state index in [4.69, 9.17) is 11.6 Å². The number of aliphatic hydroxyl groups is 1. The molecule has 2 aromatic heterocycles. The van der Waals surface area contributed by atoms with Crippen molar-refractivity contribution in [2.24, 2.45) is 0 Å². The molecule has 0 atom stereocenters. The van der Waals surface area contributed by atoms with E-state index in [1.807, 2.05) is 30.7 Å². The van der Waals surface area contributed by atoms with Gasteiger partial charge in [0, 0.05) is 6.20 Å². The highest BCUT2D eigenvalue weighted by molar-refractivity contribution is 6.33. The monoisotopic (exact) mass is 225 g/mol. The maximum absolute atomic E-state index is 9.30. The Bertz CT molecular complexity index is 492. The van der Waals surface area contributed by atoms with Gasteiger partial charge in [0.1, 0.15) is 17.1 Å². The van der Waals surface area contributed by atoms with Crippen molar-refractivity contribution in [3.05, 3.63) is 23.7 Å². The highest BCUT2D eigenvalue weighted by atomic mass is 35.5. The lowest BCUT2D eigenvalue weighted by Gasteiger charge is -2.24. The molecule has 0 aliphatic rings. The molecule has 0 saturated carbocycles. The van der Waals surface area contributed by atoms with Crippen molar-refractivity contribution < 1.29 is 5.11 Å². The molecule has 0 radical (unpaired) electrons. The minimum atomic E-state index is -0.389. The third kappa shape index (κ3) is 1.60. The summed E-state index contributed by atoms with van der Waals surface area (Å²) in [4.78, 5) is 8.08. The van der Waals surface area contributed by atoms with Crippen LogP contribution >= 0.6 is 11.6 Å². The van der Waals surface area contributed by atoms with Gasteiger partial charge in [-0.1, -0.05) is 11.6 Å². The SMILES string of the molecule is CC(C)(CO)n1ccc2c(Cl)ncnc21. The lowest BCUT2D eigenvalue weighted by atomic mass is 10.1. The van der Waals surface area contributed by atoms with Gasteiger partial charge in [0.05, 0.1) is 17.5 Å². The van der Waals surface area contributed by atoms with Crippen molar-refractivity contribution in [2.75, 3.05) is 6.61 Å². The van der Waals surface area contributed by atoms with Crippen LogP contribution in [0.15, 0.2) is 18.6 Å². The molecule has 15 heavy (non-hydrogen) atoms. The average molecular weight is 226 g/mol. The van der Waals surface area contributed by atoms with Gasteiger partial charge in [0.15, 0.2) is 0 Å². The largest absolute Gasteiger partial charge is 0.394 e. The van der Waals surface area contributed by atoms with Crippen LogP contribution in [0, 0.1) is 0 Å². The van der Waals surface area contributed by atoms with Crippen LogP contribution in [-0.4, -0.2) is 26.2 Å². The molecule has 80 valence electrons. The molecule has 2 rings (SSSR count). The van der Waals surface area contributed by atoms with Gasteiger partial charge in [0.2, 0.25) is 0 Å². The Hall–Kier alpha value is -1.13. The molecule has 0 aliphatic carbocycles. The highest BCUT2D eigenvalue weighted by Crippen LogP contribution is 2.25. The second-order valence-corrected chi connectivity index (χ2v) is 4.42. The molecular weight excluding hydrogens is 214 g/mol. The van der Waals surface area contributed by atoms with Gasteiger partial charge in [-0.3, -0.25) is 0 Å². The van der Waals surface area contributed by atoms with Crippen LogP contribution in [0.1, 0.15) is 13.8 Å². The Morgan fingerprint density at radius 2 is 2.20 bits per heavy atom. The van der Waals surface area contributed by atoms with Crippen LogP contribution in [0.3, 0.4) is 0 Å². The number of aromatic nitrogens is 3. The molecule has 0 unspecified atom stereocenters. The number of rotatable bonds is 2. The Kier molecular flexibility index (Phi) is 2.40. The molecule has 0 saturated heterocycles. The number of fused-ring (bicyclic) bond motifs is 1. The highest BCUT2D eigenvalue weighted by Gasteiger charge is 2.21. The van der Waals surface area contributed by atoms with Gasteiger partial charge >= 0.3 is 0 Å². The number of nitrogens with zero attached hydrogens (tertiary/aromatic N) is 3. The summed E-state index contributed by atoms with van der Waals surface area (Å²) in [6.07, 6.45) is 3.29. The molecule has 0 fully saturated rings. The van der Waals surface area contributed by atoms with Crippen molar-refractivity contribution in [1.29, 1.82) is 0 Å². The Morgan fingerprint density at radius 3 is 2.87 bits per heavy atom. The molecule has 1 N–H and O–H groups in total. The first-order valence-electron chi connectivity index (χ1n) is 4.65. The van der Waals surface area contributed by atoms with E-state index in [-0.39, 0.29) is 12.1 Å². The van der Waals surface area contributed by atoms with Crippen LogP contribution in [0.2, 0.25) is 5.15 Å². The van der Waals surface area contributed by atoms with Gasteiger partial charge in [-0.25, -0.2) is 9.97 Å². The van der Waals surface area contributed by atoms with Crippen molar-refractivity contribution in [3.63, 3.8) is 0 Å². The first-order chi connectivity index (χ1) is 7.06. The minimum absolute atomic E-state index is 0.0401. The molecule has 4 nitrogen and oxygen atoms in total. The summed E-state index contributed by atoms with van der Waals surface area (Å²) in [7, 11) is 0. The van der Waals surface area contributed by atoms with Crippen LogP contribution in [0.5, 0.6) is 0 Å². The van der Waals surface area contributed by atoms with Crippen LogP contribution in [0.25, 0.3) is 11.0 Å². The zero-order valence-electron chi connectivity index (χ0n) is 8.61. The molecular formula is C10H12ClN3O. The first kappa shape index (κ1) is 10.4. The Labute approximate surface area is 92.5 Å². The summed E-state index contributed by atoms with van der Waals surface area (Å²) in [6.45, 7) is 3.91. The van der Waals surface area contributed by atoms with Gasteiger partial charge < -0.3 is 9.67 Å². The van der Waals surface area contributed by atoms with E-state index in [2.05, 4.69) is 9.97 Å². The van der Waals surface area contributed by atoms with Crippen LogP contribution < -0.4 is 0 Å². The van der Waals surface area contributed by atoms with Crippen LogP contribution in [-0.2, 0) is 5.54 Å². The summed E-state index contributed by atoms with van der Waals surface area (Å²) in [5, 5.41) is 10.5. The fraction of sp³-hybridized carbons (Fsp3) is 0.400. The summed E-state index contributed by atoms with van der Waals surface area (Å²) in [5.74, 6) is 0. The molecule has 2 aromatic rings. The topological polar surface area (TPSA) is 50.9 Å². The van der Waals surface area contributed by atoms with E-state index in [0.29, 0.717) is 5.15 Å². The minimum Gasteiger partial charge on any atom is -0.394 e. The van der Waals surface area contributed by atoms with Gasteiger partial charge in [-0.2, -0.15) is 0 Å². The van der Waals surface area contributed by atoms with E-state index in [9.17, 15) is 5.11 Å². The summed E-state index contributed by atoms with van der Waals surface area (Å²) in [5.41, 5.74) is 0.355. The quantitative estimate of drug-likeness (QED) is 0.794. The van der Waals surface area contributed by atoms with Crippen molar-refractivity contribution in [2.45, 2.75) is 19.4 Å². The Balaban J connectivity index is 2.69. The lowest BCUT2D eigenvalue weighted by molar-refractivity contribution is 0.168. The fourth-order valence-electron chi connectivity index (χ4n) is 1.49. The maximum atomic E-state index is 9.30. The molecule has 0 aliphatic heterocycles. The van der Waals surface area contributed by atoms with Crippen LogP contribution in [0.4, 0.5) is 0 Å². The number of aliphatic hydroxyl groups excluding tert-OH is 1. The van der Waals surface area contributed by atoms with Gasteiger partial charge in [-0.05, 0) is 19.9 Å². The third-order valence-electron chi connectivity index (χ3n) is 2.47. The second-order valence-electron chi connectivity index (χ2n) is 4.06. The second kappa shape index (κ2) is 3.47. The number of hydrogen-bond donors (Lipinski definition) is 1. The van der Waals surface area contributed by atoms with E-state index in [1.165, 1.54) is 6.33 Å². The van der Waals surface area contributed by atoms with E-state index < -0.39 is 0 Å². The van der Waals surface area contributed by atoms with E-state index in [1.54, 1.807) is 0 Å². The predicted octanol–water partition coefficient (Wildman–Crippen LogP) is 1.81. The van der Waals surface area contributed by atoms with Crippen molar-refractivity contribution in [1.82, 2.24) is 14.5 Å². The summed E-state index contributed by atoms with van der Waals surface area (Å²) >= 11 is 5.94. The fourth-order valence-corrected chi connectivity index (χ4v) is 1.68. The third-order valence-corrected chi connectivity index (χ3v) is 2.77. The number of halogens is 1. The maximum Gasteiger partial charge on any atom is 0.145 e. The summed E-state index contributed by atoms with van der Waals surface area (Å²) < 4.78 is 1.90. The first-order valence-corrected chi connectivity index (χ1v) is 5.03. The smallest absolute Gasteiger partial charge is 0.145 e. The molecule has 0 amide bonds. The van der Waals surface area contributed by atoms with Gasteiger partial charge in [-0.15, -0.1) is 0 Å². The number of hydrogen-bond acceptors (Lipinski definition) is 3. The van der Waals surface area contributed by atoms with Crippen molar-refractivity contribution in [3.8, 4) is 0 Å². The molecule has 0 bridgehead atoms. The zero-order chi connectivity index (χ0) is 11.1. The normalized spacial score (nSPS) is 12.3. The van der Waals surface area contributed by atoms with E-state index >= 15 is 0 Å². The molecule has 5 heteroatoms. The molecule has 0 spiro atoms. The lowest BCUT2D eigenvalue weighted by Crippen LogP contribution is -2.29. The van der Waals surface area contributed by atoms with E-state index in [0.717, 1.165) is 11.0 Å². The molecule has 2 heterocycles. The zero-order valence-corrected chi connectivity index (χ0v) is 9.36. The Morgan fingerprint density at radius 1 is 1.47 bits per heavy atom. The average Bonchev–Trinajstić information content (AvgIpc) is 2.63.